The average Bonchev–Trinajstić information content (AvgIpc) is 2.91. The molecule has 0 saturated heterocycles. The monoisotopic (exact) mass is 301 g/mol. The molecule has 4 nitrogen and oxygen atoms in total. The largest absolute Gasteiger partial charge is 0.348 e. The van der Waals surface area contributed by atoms with E-state index in [9.17, 15) is 9.18 Å². The van der Waals surface area contributed by atoms with E-state index in [2.05, 4.69) is 10.4 Å². The van der Waals surface area contributed by atoms with E-state index in [1.807, 2.05) is 6.92 Å². The Labute approximate surface area is 129 Å². The van der Waals surface area contributed by atoms with E-state index in [0.717, 1.165) is 24.2 Å². The summed E-state index contributed by atoms with van der Waals surface area (Å²) in [5.74, 6) is -0.417. The van der Waals surface area contributed by atoms with Gasteiger partial charge in [0.25, 0.3) is 5.91 Å². The highest BCUT2D eigenvalue weighted by atomic mass is 19.1. The lowest BCUT2D eigenvalue weighted by atomic mass is 9.95. The first-order chi connectivity index (χ1) is 10.6. The van der Waals surface area contributed by atoms with Crippen molar-refractivity contribution >= 4 is 5.91 Å². The number of nitrogens with one attached hydrogen (secondary N) is 1. The lowest BCUT2D eigenvalue weighted by Gasteiger charge is -2.22. The van der Waals surface area contributed by atoms with Crippen LogP contribution in [0.25, 0.3) is 5.69 Å². The van der Waals surface area contributed by atoms with E-state index in [1.165, 1.54) is 31.4 Å². The molecule has 1 heterocycles. The van der Waals surface area contributed by atoms with Crippen molar-refractivity contribution < 1.29 is 9.18 Å². The van der Waals surface area contributed by atoms with Gasteiger partial charge < -0.3 is 5.32 Å². The van der Waals surface area contributed by atoms with E-state index in [4.69, 9.17) is 0 Å². The minimum atomic E-state index is -0.288. The first-order valence-electron chi connectivity index (χ1n) is 7.77. The first-order valence-corrected chi connectivity index (χ1v) is 7.77. The van der Waals surface area contributed by atoms with Crippen LogP contribution in [0.3, 0.4) is 0 Å². The molecule has 0 radical (unpaired) electrons. The second-order valence-electron chi connectivity index (χ2n) is 5.87. The number of amides is 1. The molecule has 1 saturated carbocycles. The molecule has 1 amide bonds. The fourth-order valence-electron chi connectivity index (χ4n) is 2.94. The van der Waals surface area contributed by atoms with Crippen LogP contribution in [-0.2, 0) is 0 Å². The van der Waals surface area contributed by atoms with Gasteiger partial charge in [0.05, 0.1) is 5.69 Å². The molecular weight excluding hydrogens is 281 g/mol. The van der Waals surface area contributed by atoms with Gasteiger partial charge in [0.15, 0.2) is 5.69 Å². The van der Waals surface area contributed by atoms with Crippen molar-refractivity contribution in [3.63, 3.8) is 0 Å². The number of nitrogens with zero attached hydrogens (tertiary/aromatic N) is 2. The van der Waals surface area contributed by atoms with Crippen LogP contribution in [-0.4, -0.2) is 21.7 Å². The van der Waals surface area contributed by atoms with E-state index in [-0.39, 0.29) is 17.8 Å². The van der Waals surface area contributed by atoms with Crippen molar-refractivity contribution in [2.75, 3.05) is 0 Å². The molecule has 1 fully saturated rings. The van der Waals surface area contributed by atoms with Gasteiger partial charge >= 0.3 is 0 Å². The van der Waals surface area contributed by atoms with Crippen molar-refractivity contribution in [3.8, 4) is 5.69 Å². The van der Waals surface area contributed by atoms with Crippen LogP contribution in [0.15, 0.2) is 30.3 Å². The Balaban J connectivity index is 1.76. The minimum absolute atomic E-state index is 0.129. The Bertz CT molecular complexity index is 657. The smallest absolute Gasteiger partial charge is 0.272 e. The molecule has 1 aliphatic rings. The third-order valence-corrected chi connectivity index (χ3v) is 4.13. The van der Waals surface area contributed by atoms with Crippen molar-refractivity contribution in [1.29, 1.82) is 0 Å². The third-order valence-electron chi connectivity index (χ3n) is 4.13. The van der Waals surface area contributed by atoms with E-state index < -0.39 is 0 Å². The van der Waals surface area contributed by atoms with Crippen LogP contribution in [0, 0.1) is 12.7 Å². The zero-order valence-corrected chi connectivity index (χ0v) is 12.7. The summed E-state index contributed by atoms with van der Waals surface area (Å²) in [6.07, 6.45) is 5.69. The zero-order valence-electron chi connectivity index (χ0n) is 12.7. The van der Waals surface area contributed by atoms with Crippen molar-refractivity contribution in [2.24, 2.45) is 0 Å². The number of aromatic nitrogens is 2. The van der Waals surface area contributed by atoms with Crippen LogP contribution in [0.4, 0.5) is 4.39 Å². The molecule has 0 spiro atoms. The molecule has 1 N–H and O–H groups in total. The third kappa shape index (κ3) is 3.18. The van der Waals surface area contributed by atoms with Crippen molar-refractivity contribution in [3.05, 3.63) is 47.5 Å². The summed E-state index contributed by atoms with van der Waals surface area (Å²) >= 11 is 0. The molecule has 1 aliphatic carbocycles. The van der Waals surface area contributed by atoms with Crippen molar-refractivity contribution in [1.82, 2.24) is 15.1 Å². The van der Waals surface area contributed by atoms with Crippen LogP contribution >= 0.6 is 0 Å². The maximum absolute atomic E-state index is 13.0. The summed E-state index contributed by atoms with van der Waals surface area (Å²) in [6, 6.07) is 8.10. The molecule has 1 aromatic heterocycles. The maximum atomic E-state index is 13.0. The highest BCUT2D eigenvalue weighted by molar-refractivity contribution is 5.92. The summed E-state index contributed by atoms with van der Waals surface area (Å²) in [5.41, 5.74) is 2.00. The summed E-state index contributed by atoms with van der Waals surface area (Å²) in [4.78, 5) is 12.3. The van der Waals surface area contributed by atoms with Gasteiger partial charge in [-0.25, -0.2) is 9.07 Å². The quantitative estimate of drug-likeness (QED) is 0.944. The van der Waals surface area contributed by atoms with Gasteiger partial charge in [-0.1, -0.05) is 19.3 Å². The van der Waals surface area contributed by atoms with Crippen molar-refractivity contribution in [2.45, 2.75) is 45.1 Å². The molecule has 0 bridgehead atoms. The molecule has 116 valence electrons. The van der Waals surface area contributed by atoms with Gasteiger partial charge in [0.2, 0.25) is 0 Å². The molecular formula is C17H20FN3O. The number of carbonyl (C=O) groups is 1. The molecule has 2 aromatic rings. The van der Waals surface area contributed by atoms with Gasteiger partial charge in [-0.2, -0.15) is 5.10 Å². The van der Waals surface area contributed by atoms with Gasteiger partial charge in [0.1, 0.15) is 5.82 Å². The number of hydrogen-bond acceptors (Lipinski definition) is 2. The highest BCUT2D eigenvalue weighted by Crippen LogP contribution is 2.18. The molecule has 0 aliphatic heterocycles. The van der Waals surface area contributed by atoms with Gasteiger partial charge in [-0.05, 0) is 50.1 Å². The topological polar surface area (TPSA) is 46.9 Å². The summed E-state index contributed by atoms with van der Waals surface area (Å²) < 4.78 is 14.7. The van der Waals surface area contributed by atoms with Crippen LogP contribution < -0.4 is 5.32 Å². The lowest BCUT2D eigenvalue weighted by Crippen LogP contribution is -2.36. The van der Waals surface area contributed by atoms with Gasteiger partial charge in [-0.3, -0.25) is 4.79 Å². The molecule has 0 atom stereocenters. The molecule has 1 aromatic carbocycles. The Kier molecular flexibility index (Phi) is 4.22. The Morgan fingerprint density at radius 3 is 2.59 bits per heavy atom. The van der Waals surface area contributed by atoms with Crippen LogP contribution in [0.5, 0.6) is 0 Å². The molecule has 3 rings (SSSR count). The zero-order chi connectivity index (χ0) is 15.5. The standard InChI is InChI=1S/C17H20FN3O/c1-12-11-16(17(22)19-14-5-3-2-4-6-14)20-21(12)15-9-7-13(18)8-10-15/h7-11,14H,2-6H2,1H3,(H,19,22). The first kappa shape index (κ1) is 14.8. The number of rotatable bonds is 3. The number of aryl methyl sites for hydroxylation is 1. The van der Waals surface area contributed by atoms with Gasteiger partial charge in [0, 0.05) is 11.7 Å². The molecule has 0 unspecified atom stereocenters. The van der Waals surface area contributed by atoms with Crippen LogP contribution in [0.1, 0.15) is 48.3 Å². The minimum Gasteiger partial charge on any atom is -0.348 e. The second kappa shape index (κ2) is 6.30. The van der Waals surface area contributed by atoms with Crippen LogP contribution in [0.2, 0.25) is 0 Å². The predicted molar refractivity (Wildman–Crippen MR) is 82.6 cm³/mol. The number of benzene rings is 1. The van der Waals surface area contributed by atoms with E-state index in [1.54, 1.807) is 22.9 Å². The second-order valence-corrected chi connectivity index (χ2v) is 5.87. The average molecular weight is 301 g/mol. The highest BCUT2D eigenvalue weighted by Gasteiger charge is 2.19. The van der Waals surface area contributed by atoms with Gasteiger partial charge in [-0.15, -0.1) is 0 Å². The maximum Gasteiger partial charge on any atom is 0.272 e. The number of halogens is 1. The fraction of sp³-hybridized carbons (Fsp3) is 0.412. The lowest BCUT2D eigenvalue weighted by molar-refractivity contribution is 0.0922. The summed E-state index contributed by atoms with van der Waals surface area (Å²) in [5, 5.41) is 7.42. The SMILES string of the molecule is Cc1cc(C(=O)NC2CCCCC2)nn1-c1ccc(F)cc1. The number of hydrogen-bond donors (Lipinski definition) is 1. The summed E-state index contributed by atoms with van der Waals surface area (Å²) in [7, 11) is 0. The van der Waals surface area contributed by atoms with E-state index >= 15 is 0 Å². The predicted octanol–water partition coefficient (Wildman–Crippen LogP) is 3.38. The molecule has 5 heteroatoms. The molecule has 22 heavy (non-hydrogen) atoms. The Morgan fingerprint density at radius 1 is 1.23 bits per heavy atom. The normalized spacial score (nSPS) is 15.7. The Hall–Kier alpha value is -2.17. The summed E-state index contributed by atoms with van der Waals surface area (Å²) in [6.45, 7) is 1.88. The Morgan fingerprint density at radius 2 is 1.91 bits per heavy atom. The fourth-order valence-corrected chi connectivity index (χ4v) is 2.94. The number of carbonyl (C=O) groups excluding carboxylic acids is 1. The van der Waals surface area contributed by atoms with E-state index in [0.29, 0.717) is 5.69 Å².